The lowest BCUT2D eigenvalue weighted by atomic mass is 9.84. The first kappa shape index (κ1) is 25.2. The monoisotopic (exact) mass is 534 g/mol. The van der Waals surface area contributed by atoms with Crippen molar-refractivity contribution in [2.24, 2.45) is 11.7 Å². The number of carbonyl (C=O) groups excluding carboxylic acids is 2. The molecule has 38 heavy (non-hydrogen) atoms. The van der Waals surface area contributed by atoms with Gasteiger partial charge in [-0.15, -0.1) is 10.2 Å². The molecule has 1 atom stereocenters. The van der Waals surface area contributed by atoms with Gasteiger partial charge in [0, 0.05) is 49.8 Å². The normalized spacial score (nSPS) is 24.4. The summed E-state index contributed by atoms with van der Waals surface area (Å²) in [6, 6.07) is 10.6. The topological polar surface area (TPSA) is 114 Å². The lowest BCUT2D eigenvalue weighted by Gasteiger charge is -2.38. The van der Waals surface area contributed by atoms with Crippen LogP contribution in [0.25, 0.3) is 10.6 Å². The molecule has 3 N–H and O–H groups in total. The van der Waals surface area contributed by atoms with E-state index in [-0.39, 0.29) is 18.9 Å². The van der Waals surface area contributed by atoms with Gasteiger partial charge in [-0.1, -0.05) is 47.7 Å². The van der Waals surface area contributed by atoms with E-state index in [9.17, 15) is 9.59 Å². The van der Waals surface area contributed by atoms with Crippen LogP contribution in [0.15, 0.2) is 53.8 Å². The third kappa shape index (κ3) is 5.52. The number of nitrogens with one attached hydrogen (secondary N) is 1. The molecular weight excluding hydrogens is 500 g/mol. The minimum absolute atomic E-state index is 0.132. The van der Waals surface area contributed by atoms with Gasteiger partial charge < -0.3 is 15.8 Å². The van der Waals surface area contributed by atoms with Gasteiger partial charge in [-0.05, 0) is 37.7 Å². The van der Waals surface area contributed by atoms with Gasteiger partial charge in [-0.25, -0.2) is 0 Å². The minimum atomic E-state index is -1.15. The van der Waals surface area contributed by atoms with Crippen molar-refractivity contribution >= 4 is 23.2 Å². The van der Waals surface area contributed by atoms with E-state index in [1.54, 1.807) is 12.2 Å². The molecule has 2 saturated carbocycles. The van der Waals surface area contributed by atoms with Crippen LogP contribution in [0.5, 0.6) is 0 Å². The van der Waals surface area contributed by atoms with Crippen molar-refractivity contribution in [3.05, 3.63) is 58.8 Å². The number of ether oxygens (including phenoxy) is 1. The molecule has 3 aliphatic carbocycles. The van der Waals surface area contributed by atoms with Gasteiger partial charge in [0.25, 0.3) is 0 Å². The molecule has 0 radical (unpaired) electrons. The van der Waals surface area contributed by atoms with E-state index in [2.05, 4.69) is 25.3 Å². The van der Waals surface area contributed by atoms with Gasteiger partial charge >= 0.3 is 0 Å². The van der Waals surface area contributed by atoms with Crippen molar-refractivity contribution in [3.63, 3.8) is 0 Å². The number of amides is 2. The van der Waals surface area contributed by atoms with E-state index < -0.39 is 11.4 Å². The Labute approximate surface area is 226 Å². The molecule has 1 saturated heterocycles. The molecule has 2 amide bonds. The van der Waals surface area contributed by atoms with Crippen LogP contribution in [-0.2, 0) is 19.9 Å². The maximum atomic E-state index is 13.6. The Morgan fingerprint density at radius 3 is 2.50 bits per heavy atom. The van der Waals surface area contributed by atoms with Crippen LogP contribution in [0.2, 0.25) is 0 Å². The molecule has 1 aromatic heterocycles. The maximum Gasteiger partial charge on any atom is 0.244 e. The quantitative estimate of drug-likeness (QED) is 0.481. The number of rotatable bonds is 10. The second kappa shape index (κ2) is 10.6. The standard InChI is InChI=1S/C28H34N6O3S/c29-25(36)21-8-11-23(37-18-19-6-7-19)28(16-21,27-32-31-26(38-27)20-4-2-1-3-5-20)30-24(35)17-33-12-14-34(15-13-33)22-9-10-22/h1-5,8,11,19,22H,6-7,9-10,12-18H2,(H2,29,36)(H,30,35). The molecule has 1 aromatic carbocycles. The number of nitrogens with zero attached hydrogens (tertiary/aromatic N) is 4. The molecule has 6 rings (SSSR count). The fraction of sp³-hybridized carbons (Fsp3) is 0.500. The summed E-state index contributed by atoms with van der Waals surface area (Å²) in [5.74, 6) is 0.443. The van der Waals surface area contributed by atoms with Gasteiger partial charge in [0.1, 0.15) is 10.8 Å². The molecule has 2 heterocycles. The molecule has 3 fully saturated rings. The zero-order valence-electron chi connectivity index (χ0n) is 21.5. The molecule has 1 aliphatic heterocycles. The summed E-state index contributed by atoms with van der Waals surface area (Å²) in [5.41, 5.74) is 5.94. The Kier molecular flexibility index (Phi) is 7.03. The SMILES string of the molecule is NC(=O)C1=CC=C(OCC2CC2)C(NC(=O)CN2CCN(C3CC3)CC2)(c2nnc(-c3ccccc3)s2)C1. The molecule has 0 spiro atoms. The first-order chi connectivity index (χ1) is 18.5. The summed E-state index contributed by atoms with van der Waals surface area (Å²) in [5, 5.41) is 13.6. The largest absolute Gasteiger partial charge is 0.495 e. The number of hydrogen-bond acceptors (Lipinski definition) is 8. The average Bonchev–Trinajstić information content (AvgIpc) is 3.87. The van der Waals surface area contributed by atoms with Gasteiger partial charge in [-0.2, -0.15) is 0 Å². The van der Waals surface area contributed by atoms with Crippen LogP contribution in [0, 0.1) is 5.92 Å². The molecule has 4 aliphatic rings. The maximum absolute atomic E-state index is 13.6. The molecule has 200 valence electrons. The van der Waals surface area contributed by atoms with Gasteiger partial charge in [0.05, 0.1) is 13.2 Å². The Balaban J connectivity index is 1.28. The molecule has 9 nitrogen and oxygen atoms in total. The van der Waals surface area contributed by atoms with Crippen LogP contribution in [0.1, 0.15) is 37.1 Å². The number of piperazine rings is 1. The van der Waals surface area contributed by atoms with Crippen molar-refractivity contribution < 1.29 is 14.3 Å². The number of benzene rings is 1. The van der Waals surface area contributed by atoms with Crippen molar-refractivity contribution in [3.8, 4) is 10.6 Å². The summed E-state index contributed by atoms with van der Waals surface area (Å²) >= 11 is 1.40. The fourth-order valence-corrected chi connectivity index (χ4v) is 6.22. The number of allylic oxidation sites excluding steroid dienone is 2. The highest BCUT2D eigenvalue weighted by Crippen LogP contribution is 2.43. The Morgan fingerprint density at radius 2 is 1.82 bits per heavy atom. The minimum Gasteiger partial charge on any atom is -0.495 e. The van der Waals surface area contributed by atoms with E-state index in [0.29, 0.717) is 28.9 Å². The molecule has 1 unspecified atom stereocenters. The Hall–Kier alpha value is -3.08. The molecule has 10 heteroatoms. The first-order valence-corrected chi connectivity index (χ1v) is 14.3. The van der Waals surface area contributed by atoms with Crippen molar-refractivity contribution in [2.45, 2.75) is 43.7 Å². The third-order valence-electron chi connectivity index (χ3n) is 7.80. The van der Waals surface area contributed by atoms with Crippen LogP contribution >= 0.6 is 11.3 Å². The Bertz CT molecular complexity index is 1240. The molecule has 0 bridgehead atoms. The van der Waals surface area contributed by atoms with E-state index in [4.69, 9.17) is 10.5 Å². The summed E-state index contributed by atoms with van der Waals surface area (Å²) in [4.78, 5) is 30.6. The van der Waals surface area contributed by atoms with Crippen molar-refractivity contribution in [1.29, 1.82) is 0 Å². The van der Waals surface area contributed by atoms with E-state index in [1.165, 1.54) is 24.2 Å². The number of carbonyl (C=O) groups is 2. The van der Waals surface area contributed by atoms with Crippen molar-refractivity contribution in [2.75, 3.05) is 39.3 Å². The first-order valence-electron chi connectivity index (χ1n) is 13.5. The van der Waals surface area contributed by atoms with Crippen LogP contribution in [0.3, 0.4) is 0 Å². The summed E-state index contributed by atoms with van der Waals surface area (Å²) in [6.07, 6.45) is 8.50. The average molecular weight is 535 g/mol. The van der Waals surface area contributed by atoms with Gasteiger partial charge in [-0.3, -0.25) is 19.4 Å². The van der Waals surface area contributed by atoms with Crippen LogP contribution in [-0.4, -0.2) is 77.2 Å². The predicted molar refractivity (Wildman–Crippen MR) is 145 cm³/mol. The summed E-state index contributed by atoms with van der Waals surface area (Å²) < 4.78 is 6.33. The highest BCUT2D eigenvalue weighted by atomic mass is 32.1. The zero-order valence-corrected chi connectivity index (χ0v) is 22.3. The number of nitrogens with two attached hydrogens (primary N) is 1. The van der Waals surface area contributed by atoms with Crippen LogP contribution in [0.4, 0.5) is 0 Å². The third-order valence-corrected chi connectivity index (χ3v) is 8.94. The van der Waals surface area contributed by atoms with E-state index in [0.717, 1.165) is 55.6 Å². The highest BCUT2D eigenvalue weighted by molar-refractivity contribution is 7.14. The second-order valence-corrected chi connectivity index (χ2v) is 11.8. The van der Waals surface area contributed by atoms with E-state index in [1.807, 2.05) is 30.3 Å². The molecular formula is C28H34N6O3S. The van der Waals surface area contributed by atoms with Gasteiger partial charge in [0.15, 0.2) is 10.5 Å². The van der Waals surface area contributed by atoms with Crippen LogP contribution < -0.4 is 11.1 Å². The smallest absolute Gasteiger partial charge is 0.244 e. The molecule has 2 aromatic rings. The predicted octanol–water partition coefficient (Wildman–Crippen LogP) is 2.42. The second-order valence-electron chi connectivity index (χ2n) is 10.8. The number of hydrogen-bond donors (Lipinski definition) is 2. The lowest BCUT2D eigenvalue weighted by molar-refractivity contribution is -0.125. The van der Waals surface area contributed by atoms with E-state index >= 15 is 0 Å². The summed E-state index contributed by atoms with van der Waals surface area (Å²) in [6.45, 7) is 4.55. The number of aromatic nitrogens is 2. The lowest BCUT2D eigenvalue weighted by Crippen LogP contribution is -2.55. The van der Waals surface area contributed by atoms with Crippen molar-refractivity contribution in [1.82, 2.24) is 25.3 Å². The summed E-state index contributed by atoms with van der Waals surface area (Å²) in [7, 11) is 0. The highest BCUT2D eigenvalue weighted by Gasteiger charge is 2.46. The fourth-order valence-electron chi connectivity index (χ4n) is 5.22. The number of primary amides is 1. The zero-order chi connectivity index (χ0) is 26.1. The van der Waals surface area contributed by atoms with Gasteiger partial charge in [0.2, 0.25) is 11.8 Å². The Morgan fingerprint density at radius 1 is 1.05 bits per heavy atom.